The molecule has 0 radical (unpaired) electrons. The van der Waals surface area contributed by atoms with E-state index in [0.717, 1.165) is 11.0 Å². The molecule has 0 spiro atoms. The van der Waals surface area contributed by atoms with E-state index in [-0.39, 0.29) is 4.90 Å². The number of halogens is 3. The fourth-order valence-corrected chi connectivity index (χ4v) is 3.02. The summed E-state index contributed by atoms with van der Waals surface area (Å²) in [5.74, 6) is -0.625. The Hall–Kier alpha value is -1.54. The van der Waals surface area contributed by atoms with Crippen molar-refractivity contribution in [3.8, 4) is 5.69 Å². The monoisotopic (exact) mass is 321 g/mol. The molecule has 9 heteroatoms. The number of nitrogens with zero attached hydrogens (tertiary/aromatic N) is 3. The van der Waals surface area contributed by atoms with Crippen molar-refractivity contribution < 1.29 is 17.2 Å². The highest BCUT2D eigenvalue weighted by Crippen LogP contribution is 2.26. The van der Waals surface area contributed by atoms with Crippen LogP contribution in [-0.2, 0) is 9.05 Å². The molecule has 0 bridgehead atoms. The predicted octanol–water partition coefficient (Wildman–Crippen LogP) is 2.75. The number of benzene rings is 1. The number of aromatic nitrogens is 3. The summed E-state index contributed by atoms with van der Waals surface area (Å²) in [5.41, 5.74) is 1.46. The lowest BCUT2D eigenvalue weighted by molar-refractivity contribution is 0.140. The molecule has 0 aliphatic carbocycles. The van der Waals surface area contributed by atoms with Crippen LogP contribution in [-0.4, -0.2) is 23.2 Å². The summed E-state index contributed by atoms with van der Waals surface area (Å²) in [4.78, 5) is 3.38. The normalized spacial score (nSPS) is 12.1. The molecule has 0 aliphatic rings. The van der Waals surface area contributed by atoms with Gasteiger partial charge in [-0.3, -0.25) is 0 Å². The third kappa shape index (κ3) is 2.80. The van der Waals surface area contributed by atoms with Gasteiger partial charge in [-0.15, -0.1) is 5.10 Å². The van der Waals surface area contributed by atoms with Gasteiger partial charge in [-0.1, -0.05) is 6.07 Å². The molecule has 2 aromatic rings. The highest BCUT2D eigenvalue weighted by atomic mass is 35.7. The Morgan fingerprint density at radius 3 is 2.40 bits per heavy atom. The molecule has 1 heterocycles. The Bertz CT molecular complexity index is 759. The van der Waals surface area contributed by atoms with Crippen LogP contribution in [0, 0.1) is 13.8 Å². The molecule has 0 unspecified atom stereocenters. The topological polar surface area (TPSA) is 64.8 Å². The number of alkyl halides is 2. The van der Waals surface area contributed by atoms with Crippen LogP contribution in [0.25, 0.3) is 5.69 Å². The first-order valence-corrected chi connectivity index (χ1v) is 7.77. The summed E-state index contributed by atoms with van der Waals surface area (Å²) in [6.07, 6.45) is -1.69. The summed E-state index contributed by atoms with van der Waals surface area (Å²) in [5, 5.41) is 3.61. The number of hydrogen-bond acceptors (Lipinski definition) is 4. The molecule has 0 saturated carbocycles. The number of rotatable bonds is 3. The van der Waals surface area contributed by atoms with Crippen LogP contribution in [0.1, 0.15) is 23.4 Å². The van der Waals surface area contributed by atoms with Crippen LogP contribution in [0.4, 0.5) is 8.78 Å². The first kappa shape index (κ1) is 14.9. The van der Waals surface area contributed by atoms with Gasteiger partial charge in [0.2, 0.25) is 5.82 Å². The van der Waals surface area contributed by atoms with Gasteiger partial charge < -0.3 is 0 Å². The average Bonchev–Trinajstić information content (AvgIpc) is 2.76. The van der Waals surface area contributed by atoms with Gasteiger partial charge in [0.25, 0.3) is 15.5 Å². The third-order valence-electron chi connectivity index (χ3n) is 2.71. The highest BCUT2D eigenvalue weighted by molar-refractivity contribution is 8.13. The van der Waals surface area contributed by atoms with Crippen molar-refractivity contribution in [3.05, 3.63) is 35.4 Å². The van der Waals surface area contributed by atoms with Crippen molar-refractivity contribution in [3.63, 3.8) is 0 Å². The molecule has 0 atom stereocenters. The molecule has 0 amide bonds. The molecule has 0 fully saturated rings. The van der Waals surface area contributed by atoms with E-state index in [2.05, 4.69) is 10.1 Å². The smallest absolute Gasteiger partial charge is 0.220 e. The Balaban J connectivity index is 2.62. The zero-order valence-corrected chi connectivity index (χ0v) is 12.1. The zero-order chi connectivity index (χ0) is 15.1. The molecule has 5 nitrogen and oxygen atoms in total. The molecule has 108 valence electrons. The van der Waals surface area contributed by atoms with E-state index in [9.17, 15) is 17.2 Å². The molecule has 0 N–H and O–H groups in total. The quantitative estimate of drug-likeness (QED) is 0.815. The van der Waals surface area contributed by atoms with Crippen molar-refractivity contribution in [2.24, 2.45) is 0 Å². The maximum absolute atomic E-state index is 12.5. The van der Waals surface area contributed by atoms with Crippen molar-refractivity contribution in [1.29, 1.82) is 0 Å². The summed E-state index contributed by atoms with van der Waals surface area (Å²) >= 11 is 0. The van der Waals surface area contributed by atoms with Crippen molar-refractivity contribution >= 4 is 19.7 Å². The maximum Gasteiger partial charge on any atom is 0.299 e. The minimum absolute atomic E-state index is 0.0890. The molecule has 1 aromatic heterocycles. The van der Waals surface area contributed by atoms with E-state index in [1.165, 1.54) is 6.07 Å². The summed E-state index contributed by atoms with van der Waals surface area (Å²) in [6.45, 7) is 3.30. The van der Waals surface area contributed by atoms with Gasteiger partial charge in [-0.25, -0.2) is 26.9 Å². The van der Waals surface area contributed by atoms with Gasteiger partial charge in [0.1, 0.15) is 6.33 Å². The Kier molecular flexibility index (Phi) is 3.79. The van der Waals surface area contributed by atoms with Crippen LogP contribution in [0.5, 0.6) is 0 Å². The fraction of sp³-hybridized carbons (Fsp3) is 0.273. The van der Waals surface area contributed by atoms with E-state index in [0.29, 0.717) is 16.8 Å². The minimum Gasteiger partial charge on any atom is -0.220 e. The van der Waals surface area contributed by atoms with E-state index >= 15 is 0 Å². The van der Waals surface area contributed by atoms with Crippen LogP contribution >= 0.6 is 10.7 Å². The van der Waals surface area contributed by atoms with E-state index in [1.54, 1.807) is 19.9 Å². The number of aryl methyl sites for hydroxylation is 2. The van der Waals surface area contributed by atoms with Crippen molar-refractivity contribution in [2.45, 2.75) is 25.2 Å². The van der Waals surface area contributed by atoms with Gasteiger partial charge in [0.15, 0.2) is 0 Å². The van der Waals surface area contributed by atoms with Gasteiger partial charge in [0.05, 0.1) is 10.6 Å². The van der Waals surface area contributed by atoms with Crippen LogP contribution < -0.4 is 0 Å². The summed E-state index contributed by atoms with van der Waals surface area (Å²) in [6, 6.07) is 2.88. The predicted molar refractivity (Wildman–Crippen MR) is 68.8 cm³/mol. The Morgan fingerprint density at radius 1 is 1.25 bits per heavy atom. The second-order valence-corrected chi connectivity index (χ2v) is 6.72. The largest absolute Gasteiger partial charge is 0.299 e. The molecule has 20 heavy (non-hydrogen) atoms. The number of hydrogen-bond donors (Lipinski definition) is 0. The summed E-state index contributed by atoms with van der Waals surface area (Å²) in [7, 11) is 1.41. The SMILES string of the molecule is Cc1cc(C)c(S(=O)(=O)Cl)cc1-n1cnc(C(F)F)n1. The lowest BCUT2D eigenvalue weighted by atomic mass is 10.1. The molecular weight excluding hydrogens is 312 g/mol. The van der Waals surface area contributed by atoms with Crippen LogP contribution in [0.3, 0.4) is 0 Å². The maximum atomic E-state index is 12.5. The Labute approximate surface area is 118 Å². The van der Waals surface area contributed by atoms with Crippen molar-refractivity contribution in [2.75, 3.05) is 0 Å². The van der Waals surface area contributed by atoms with Crippen LogP contribution in [0.15, 0.2) is 23.4 Å². The molecule has 0 saturated heterocycles. The molecule has 1 aromatic carbocycles. The molecule has 0 aliphatic heterocycles. The minimum atomic E-state index is -3.93. The lowest BCUT2D eigenvalue weighted by Crippen LogP contribution is -2.03. The van der Waals surface area contributed by atoms with E-state index in [4.69, 9.17) is 10.7 Å². The second kappa shape index (κ2) is 5.10. The van der Waals surface area contributed by atoms with Gasteiger partial charge in [-0.2, -0.15) is 0 Å². The van der Waals surface area contributed by atoms with Gasteiger partial charge in [-0.05, 0) is 31.0 Å². The fourth-order valence-electron chi connectivity index (χ4n) is 1.82. The zero-order valence-electron chi connectivity index (χ0n) is 10.5. The third-order valence-corrected chi connectivity index (χ3v) is 4.17. The first-order chi connectivity index (χ1) is 9.20. The van der Waals surface area contributed by atoms with Crippen molar-refractivity contribution in [1.82, 2.24) is 14.8 Å². The Morgan fingerprint density at radius 2 is 1.90 bits per heavy atom. The average molecular weight is 322 g/mol. The first-order valence-electron chi connectivity index (χ1n) is 5.46. The molecular formula is C11H10ClF2N3O2S. The van der Waals surface area contributed by atoms with E-state index in [1.807, 2.05) is 0 Å². The summed E-state index contributed by atoms with van der Waals surface area (Å²) < 4.78 is 49.0. The lowest BCUT2D eigenvalue weighted by Gasteiger charge is -2.09. The van der Waals surface area contributed by atoms with E-state index < -0.39 is 21.3 Å². The molecule has 2 rings (SSSR count). The standard InChI is InChI=1S/C11H10ClF2N3O2S/c1-6-3-7(2)9(20(12,18)19)4-8(6)17-5-15-11(16-17)10(13)14/h3-5,10H,1-2H3. The second-order valence-electron chi connectivity index (χ2n) is 4.19. The van der Waals surface area contributed by atoms with Gasteiger partial charge >= 0.3 is 0 Å². The highest BCUT2D eigenvalue weighted by Gasteiger charge is 2.18. The van der Waals surface area contributed by atoms with Crippen LogP contribution in [0.2, 0.25) is 0 Å². The van der Waals surface area contributed by atoms with Gasteiger partial charge in [0, 0.05) is 10.7 Å².